The largest absolute Gasteiger partial charge is 0.482 e. The third kappa shape index (κ3) is 5.31. The normalized spacial score (nSPS) is 13.1. The Bertz CT molecular complexity index is 1450. The molecule has 3 N–H and O–H groups in total. The van der Waals surface area contributed by atoms with Gasteiger partial charge in [-0.3, -0.25) is 14.7 Å². The van der Waals surface area contributed by atoms with Crippen LogP contribution in [0, 0.1) is 22.6 Å². The number of nitrogens with one attached hydrogen (secondary N) is 1. The highest BCUT2D eigenvalue weighted by Gasteiger charge is 2.30. The minimum atomic E-state index is -4.47. The Morgan fingerprint density at radius 2 is 2.05 bits per heavy atom. The van der Waals surface area contributed by atoms with E-state index in [9.17, 15) is 27.6 Å². The van der Waals surface area contributed by atoms with E-state index in [1.165, 1.54) is 29.3 Å². The van der Waals surface area contributed by atoms with E-state index < -0.39 is 30.7 Å². The van der Waals surface area contributed by atoms with Crippen LogP contribution >= 0.6 is 11.6 Å². The summed E-state index contributed by atoms with van der Waals surface area (Å²) in [5.41, 5.74) is 6.34. The number of hydrogen-bond donors (Lipinski definition) is 2. The molecule has 37 heavy (non-hydrogen) atoms. The second-order valence-corrected chi connectivity index (χ2v) is 8.45. The maximum atomic E-state index is 14.3. The molecule has 1 aromatic carbocycles. The number of amides is 1. The molecule has 4 rings (SSSR count). The second kappa shape index (κ2) is 10.0. The average molecular weight is 533 g/mol. The van der Waals surface area contributed by atoms with E-state index in [2.05, 4.69) is 9.97 Å². The zero-order chi connectivity index (χ0) is 26.9. The summed E-state index contributed by atoms with van der Waals surface area (Å²) in [7, 11) is 0. The Morgan fingerprint density at radius 3 is 2.70 bits per heavy atom. The SMILES string of the molecule is N#Cc1c(CCC(F)(F)F)nc(N)c(C=N)c1-c1ccc2c(c1)OCC(=O)N2Cc1ncc(Cl)cc1F. The van der Waals surface area contributed by atoms with Crippen molar-refractivity contribution in [3.05, 3.63) is 63.8 Å². The third-order valence-electron chi connectivity index (χ3n) is 5.62. The number of nitrogen functional groups attached to an aromatic ring is 1. The van der Waals surface area contributed by atoms with Crippen LogP contribution < -0.4 is 15.4 Å². The topological polar surface area (TPSA) is 129 Å². The Kier molecular flexibility index (Phi) is 7.00. The number of hydrogen-bond acceptors (Lipinski definition) is 7. The van der Waals surface area contributed by atoms with E-state index >= 15 is 0 Å². The van der Waals surface area contributed by atoms with Crippen LogP contribution in [0.4, 0.5) is 29.1 Å². The number of aromatic nitrogens is 2. The van der Waals surface area contributed by atoms with Gasteiger partial charge in [-0.05, 0) is 30.2 Å². The molecule has 0 unspecified atom stereocenters. The molecule has 0 saturated carbocycles. The number of anilines is 2. The maximum absolute atomic E-state index is 14.3. The van der Waals surface area contributed by atoms with Crippen molar-refractivity contribution < 1.29 is 27.1 Å². The molecule has 1 aliphatic rings. The lowest BCUT2D eigenvalue weighted by molar-refractivity contribution is -0.134. The van der Waals surface area contributed by atoms with Crippen molar-refractivity contribution in [2.75, 3.05) is 17.2 Å². The molecule has 0 radical (unpaired) electrons. The molecule has 0 aliphatic carbocycles. The van der Waals surface area contributed by atoms with Crippen molar-refractivity contribution in [1.29, 1.82) is 10.7 Å². The van der Waals surface area contributed by atoms with E-state index in [0.29, 0.717) is 5.56 Å². The number of pyridine rings is 2. The number of fused-ring (bicyclic) bond motifs is 1. The molecule has 0 saturated heterocycles. The van der Waals surface area contributed by atoms with Crippen LogP contribution in [0.3, 0.4) is 0 Å². The molecule has 13 heteroatoms. The number of nitriles is 1. The van der Waals surface area contributed by atoms with Crippen molar-refractivity contribution in [3.8, 4) is 22.9 Å². The van der Waals surface area contributed by atoms with Gasteiger partial charge in [0.15, 0.2) is 6.61 Å². The summed E-state index contributed by atoms with van der Waals surface area (Å²) in [6, 6.07) is 7.41. The molecule has 2 aromatic heterocycles. The number of aryl methyl sites for hydroxylation is 1. The molecular formula is C24H17ClF4N6O2. The van der Waals surface area contributed by atoms with E-state index in [1.54, 1.807) is 0 Å². The van der Waals surface area contributed by atoms with Gasteiger partial charge in [0.05, 0.1) is 34.2 Å². The fourth-order valence-electron chi connectivity index (χ4n) is 3.92. The molecule has 0 fully saturated rings. The Morgan fingerprint density at radius 1 is 1.30 bits per heavy atom. The predicted octanol–water partition coefficient (Wildman–Crippen LogP) is 4.81. The number of rotatable bonds is 6. The van der Waals surface area contributed by atoms with Crippen LogP contribution in [0.2, 0.25) is 5.02 Å². The quantitative estimate of drug-likeness (QED) is 0.346. The van der Waals surface area contributed by atoms with Crippen molar-refractivity contribution in [2.45, 2.75) is 25.6 Å². The van der Waals surface area contributed by atoms with Crippen molar-refractivity contribution >= 4 is 35.2 Å². The first-order valence-electron chi connectivity index (χ1n) is 10.7. The lowest BCUT2D eigenvalue weighted by atomic mass is 9.92. The van der Waals surface area contributed by atoms with E-state index in [0.717, 1.165) is 12.3 Å². The van der Waals surface area contributed by atoms with Crippen LogP contribution in [0.5, 0.6) is 5.75 Å². The number of benzene rings is 1. The molecule has 1 amide bonds. The summed E-state index contributed by atoms with van der Waals surface area (Å²) in [6.07, 6.45) is -4.15. The zero-order valence-electron chi connectivity index (χ0n) is 18.9. The second-order valence-electron chi connectivity index (χ2n) is 8.01. The Labute approximate surface area is 212 Å². The van der Waals surface area contributed by atoms with Crippen molar-refractivity contribution in [3.63, 3.8) is 0 Å². The first-order chi connectivity index (χ1) is 17.5. The maximum Gasteiger partial charge on any atom is 0.389 e. The average Bonchev–Trinajstić information content (AvgIpc) is 2.84. The lowest BCUT2D eigenvalue weighted by Gasteiger charge is -2.29. The fraction of sp³-hybridized carbons (Fsp3) is 0.208. The van der Waals surface area contributed by atoms with Gasteiger partial charge < -0.3 is 15.9 Å². The summed E-state index contributed by atoms with van der Waals surface area (Å²) >= 11 is 5.75. The molecule has 0 atom stereocenters. The van der Waals surface area contributed by atoms with Crippen LogP contribution in [-0.4, -0.2) is 34.9 Å². The minimum Gasteiger partial charge on any atom is -0.482 e. The smallest absolute Gasteiger partial charge is 0.389 e. The summed E-state index contributed by atoms with van der Waals surface area (Å²) in [4.78, 5) is 21.7. The van der Waals surface area contributed by atoms with Gasteiger partial charge in [-0.25, -0.2) is 9.37 Å². The summed E-state index contributed by atoms with van der Waals surface area (Å²) in [5.74, 6) is -1.17. The molecule has 3 aromatic rings. The standard InChI is InChI=1S/C24H17ClF4N6O2/c25-13-6-16(26)18(33-9-13)10-35-19-2-1-12(5-20(19)37-11-21(35)36)22-14(7-30)17(3-4-24(27,28)29)34-23(32)15(22)8-31/h1-2,5-6,8-9,31H,3-4,10-11H2,(H2,32,34). The first-order valence-corrected chi connectivity index (χ1v) is 11.1. The van der Waals surface area contributed by atoms with Gasteiger partial charge in [-0.1, -0.05) is 17.7 Å². The summed E-state index contributed by atoms with van der Waals surface area (Å²) in [6.45, 7) is -0.583. The zero-order valence-corrected chi connectivity index (χ0v) is 19.6. The van der Waals surface area contributed by atoms with Gasteiger partial charge in [0, 0.05) is 30.0 Å². The molecule has 0 spiro atoms. The monoisotopic (exact) mass is 532 g/mol. The highest BCUT2D eigenvalue weighted by Crippen LogP contribution is 2.40. The molecular weight excluding hydrogens is 516 g/mol. The predicted molar refractivity (Wildman–Crippen MR) is 127 cm³/mol. The van der Waals surface area contributed by atoms with Gasteiger partial charge in [0.2, 0.25) is 0 Å². The molecule has 0 bridgehead atoms. The lowest BCUT2D eigenvalue weighted by Crippen LogP contribution is -2.38. The number of carbonyl (C=O) groups is 1. The van der Waals surface area contributed by atoms with Crippen molar-refractivity contribution in [2.24, 2.45) is 0 Å². The first kappa shape index (κ1) is 25.8. The molecule has 1 aliphatic heterocycles. The number of carbonyl (C=O) groups excluding carboxylic acids is 1. The van der Waals surface area contributed by atoms with Gasteiger partial charge in [0.25, 0.3) is 5.91 Å². The number of nitrogens with two attached hydrogens (primary N) is 1. The minimum absolute atomic E-state index is 0.0243. The molecule has 190 valence electrons. The summed E-state index contributed by atoms with van der Waals surface area (Å²) in [5, 5.41) is 17.7. The van der Waals surface area contributed by atoms with Crippen LogP contribution in [0.15, 0.2) is 30.5 Å². The Hall–Kier alpha value is -4.24. The summed E-state index contributed by atoms with van der Waals surface area (Å²) < 4.78 is 58.4. The number of ether oxygens (including phenoxy) is 1. The molecule has 3 heterocycles. The Balaban J connectivity index is 1.79. The number of halogens is 5. The fourth-order valence-corrected chi connectivity index (χ4v) is 4.06. The van der Waals surface area contributed by atoms with Gasteiger partial charge >= 0.3 is 6.18 Å². The van der Waals surface area contributed by atoms with E-state index in [1.807, 2.05) is 6.07 Å². The third-order valence-corrected chi connectivity index (χ3v) is 5.83. The van der Waals surface area contributed by atoms with Crippen LogP contribution in [0.1, 0.15) is 28.9 Å². The van der Waals surface area contributed by atoms with Gasteiger partial charge in [0.1, 0.15) is 23.5 Å². The van der Waals surface area contributed by atoms with Gasteiger partial charge in [-0.15, -0.1) is 0 Å². The van der Waals surface area contributed by atoms with Gasteiger partial charge in [-0.2, -0.15) is 18.4 Å². The van der Waals surface area contributed by atoms with Crippen LogP contribution in [-0.2, 0) is 17.8 Å². The molecule has 8 nitrogen and oxygen atoms in total. The number of nitrogens with zero attached hydrogens (tertiary/aromatic N) is 4. The van der Waals surface area contributed by atoms with Crippen LogP contribution in [0.25, 0.3) is 11.1 Å². The highest BCUT2D eigenvalue weighted by molar-refractivity contribution is 6.30. The van der Waals surface area contributed by atoms with Crippen molar-refractivity contribution in [1.82, 2.24) is 9.97 Å². The van der Waals surface area contributed by atoms with E-state index in [4.69, 9.17) is 27.5 Å². The van der Waals surface area contributed by atoms with E-state index in [-0.39, 0.29) is 63.5 Å². The highest BCUT2D eigenvalue weighted by atomic mass is 35.5. The number of alkyl halides is 3.